The van der Waals surface area contributed by atoms with Gasteiger partial charge >= 0.3 is 0 Å². The number of para-hydroxylation sites is 1. The fourth-order valence-corrected chi connectivity index (χ4v) is 3.70. The number of benzene rings is 2. The van der Waals surface area contributed by atoms with Gasteiger partial charge in [-0.3, -0.25) is 9.78 Å². The Kier molecular flexibility index (Phi) is 6.22. The van der Waals surface area contributed by atoms with Crippen LogP contribution in [0.25, 0.3) is 0 Å². The molecule has 1 unspecified atom stereocenters. The third kappa shape index (κ3) is 4.13. The Bertz CT molecular complexity index is 987. The predicted octanol–water partition coefficient (Wildman–Crippen LogP) is 6.11. The zero-order chi connectivity index (χ0) is 20.3. The Hall–Kier alpha value is -2.56. The van der Waals surface area contributed by atoms with Gasteiger partial charge in [-0.05, 0) is 49.7 Å². The minimum atomic E-state index is -0.328. The molecule has 6 heteroatoms. The number of carbonyl (C=O) groups is 1. The number of halogens is 2. The van der Waals surface area contributed by atoms with Crippen LogP contribution in [0.5, 0.6) is 5.75 Å². The fraction of sp³-hybridized carbons (Fsp3) is 0.182. The summed E-state index contributed by atoms with van der Waals surface area (Å²) in [4.78, 5) is 19.3. The van der Waals surface area contributed by atoms with Crippen molar-refractivity contribution in [3.63, 3.8) is 0 Å². The standard InChI is InChI=1S/C22H20Cl2N2O2/c1-14-13-25-9-8-19(14)22(27)26(18-11-16(23)10-17(24)12-18)15(2)20-6-4-5-7-21(20)28-3/h4-13,15H,1-3H3. The van der Waals surface area contributed by atoms with E-state index in [4.69, 9.17) is 27.9 Å². The van der Waals surface area contributed by atoms with E-state index in [1.54, 1.807) is 48.7 Å². The van der Waals surface area contributed by atoms with Gasteiger partial charge in [0.15, 0.2) is 0 Å². The molecule has 1 aromatic heterocycles. The minimum Gasteiger partial charge on any atom is -0.496 e. The van der Waals surface area contributed by atoms with Crippen LogP contribution in [0.4, 0.5) is 5.69 Å². The zero-order valence-corrected chi connectivity index (χ0v) is 17.3. The third-order valence-electron chi connectivity index (χ3n) is 4.57. The van der Waals surface area contributed by atoms with Crippen LogP contribution < -0.4 is 9.64 Å². The predicted molar refractivity (Wildman–Crippen MR) is 114 cm³/mol. The summed E-state index contributed by atoms with van der Waals surface area (Å²) in [5, 5.41) is 0.915. The first kappa shape index (κ1) is 20.2. The monoisotopic (exact) mass is 414 g/mol. The summed E-state index contributed by atoms with van der Waals surface area (Å²) in [5.41, 5.74) is 2.84. The average molecular weight is 415 g/mol. The van der Waals surface area contributed by atoms with Crippen LogP contribution in [0.15, 0.2) is 60.9 Å². The first-order valence-electron chi connectivity index (χ1n) is 8.75. The van der Waals surface area contributed by atoms with Crippen molar-refractivity contribution in [1.82, 2.24) is 4.98 Å². The summed E-state index contributed by atoms with van der Waals surface area (Å²) >= 11 is 12.5. The molecule has 2 aromatic carbocycles. The van der Waals surface area contributed by atoms with E-state index in [0.29, 0.717) is 27.0 Å². The summed E-state index contributed by atoms with van der Waals surface area (Å²) in [7, 11) is 1.61. The number of pyridine rings is 1. The van der Waals surface area contributed by atoms with Crippen molar-refractivity contribution in [2.75, 3.05) is 12.0 Å². The molecule has 0 fully saturated rings. The van der Waals surface area contributed by atoms with E-state index in [2.05, 4.69) is 4.98 Å². The summed E-state index contributed by atoms with van der Waals surface area (Å²) in [6, 6.07) is 14.1. The van der Waals surface area contributed by atoms with Gasteiger partial charge in [0.25, 0.3) is 5.91 Å². The average Bonchev–Trinajstić information content (AvgIpc) is 2.67. The number of aryl methyl sites for hydroxylation is 1. The van der Waals surface area contributed by atoms with Gasteiger partial charge < -0.3 is 9.64 Å². The van der Waals surface area contributed by atoms with Crippen LogP contribution in [0.2, 0.25) is 10.0 Å². The highest BCUT2D eigenvalue weighted by Gasteiger charge is 2.28. The first-order chi connectivity index (χ1) is 13.4. The highest BCUT2D eigenvalue weighted by molar-refractivity contribution is 6.35. The zero-order valence-electron chi connectivity index (χ0n) is 15.8. The Morgan fingerprint density at radius 1 is 1.11 bits per heavy atom. The van der Waals surface area contributed by atoms with Gasteiger partial charge in [0.1, 0.15) is 5.75 Å². The number of methoxy groups -OCH3 is 1. The van der Waals surface area contributed by atoms with E-state index in [9.17, 15) is 4.79 Å². The van der Waals surface area contributed by atoms with Crippen LogP contribution in [0.1, 0.15) is 34.5 Å². The van der Waals surface area contributed by atoms with E-state index < -0.39 is 0 Å². The molecule has 3 aromatic rings. The van der Waals surface area contributed by atoms with Gasteiger partial charge in [-0.2, -0.15) is 0 Å². The minimum absolute atomic E-state index is 0.170. The summed E-state index contributed by atoms with van der Waals surface area (Å²) in [5.74, 6) is 0.531. The van der Waals surface area contributed by atoms with Crippen molar-refractivity contribution < 1.29 is 9.53 Å². The van der Waals surface area contributed by atoms with Crippen LogP contribution in [-0.4, -0.2) is 18.0 Å². The normalized spacial score (nSPS) is 11.8. The summed E-state index contributed by atoms with van der Waals surface area (Å²) in [6.45, 7) is 3.80. The van der Waals surface area contributed by atoms with Crippen LogP contribution in [-0.2, 0) is 0 Å². The quantitative estimate of drug-likeness (QED) is 0.505. The smallest absolute Gasteiger partial charge is 0.259 e. The molecule has 0 aliphatic rings. The Morgan fingerprint density at radius 3 is 2.43 bits per heavy atom. The largest absolute Gasteiger partial charge is 0.496 e. The molecule has 0 aliphatic heterocycles. The lowest BCUT2D eigenvalue weighted by Gasteiger charge is -2.31. The number of carbonyl (C=O) groups excluding carboxylic acids is 1. The van der Waals surface area contributed by atoms with Crippen molar-refractivity contribution in [2.24, 2.45) is 0 Å². The number of ether oxygens (including phenoxy) is 1. The second kappa shape index (κ2) is 8.63. The number of hydrogen-bond donors (Lipinski definition) is 0. The highest BCUT2D eigenvalue weighted by atomic mass is 35.5. The van der Waals surface area contributed by atoms with Gasteiger partial charge in [-0.1, -0.05) is 41.4 Å². The number of aromatic nitrogens is 1. The Balaban J connectivity index is 2.16. The SMILES string of the molecule is COc1ccccc1C(C)N(C(=O)c1ccncc1C)c1cc(Cl)cc(Cl)c1. The second-order valence-corrected chi connectivity index (χ2v) is 7.28. The number of nitrogens with zero attached hydrogens (tertiary/aromatic N) is 2. The lowest BCUT2D eigenvalue weighted by atomic mass is 10.0. The highest BCUT2D eigenvalue weighted by Crippen LogP contribution is 2.36. The van der Waals surface area contributed by atoms with Crippen molar-refractivity contribution in [3.8, 4) is 5.75 Å². The fourth-order valence-electron chi connectivity index (χ4n) is 3.19. The van der Waals surface area contributed by atoms with Crippen molar-refractivity contribution in [1.29, 1.82) is 0 Å². The lowest BCUT2D eigenvalue weighted by Crippen LogP contribution is -2.34. The maximum Gasteiger partial charge on any atom is 0.259 e. The van der Waals surface area contributed by atoms with Crippen LogP contribution >= 0.6 is 23.2 Å². The molecule has 0 saturated carbocycles. The Morgan fingerprint density at radius 2 is 1.79 bits per heavy atom. The molecule has 3 rings (SSSR count). The van der Waals surface area contributed by atoms with Crippen LogP contribution in [0.3, 0.4) is 0 Å². The number of anilines is 1. The molecule has 28 heavy (non-hydrogen) atoms. The first-order valence-corrected chi connectivity index (χ1v) is 9.51. The number of rotatable bonds is 5. The number of hydrogen-bond acceptors (Lipinski definition) is 3. The van der Waals surface area contributed by atoms with E-state index in [1.807, 2.05) is 38.1 Å². The molecule has 0 N–H and O–H groups in total. The summed E-state index contributed by atoms with van der Waals surface area (Å²) < 4.78 is 5.51. The molecule has 1 heterocycles. The van der Waals surface area contributed by atoms with Gasteiger partial charge in [-0.15, -0.1) is 0 Å². The topological polar surface area (TPSA) is 42.4 Å². The van der Waals surface area contributed by atoms with Crippen molar-refractivity contribution >= 4 is 34.8 Å². The molecule has 0 spiro atoms. The van der Waals surface area contributed by atoms with Gasteiger partial charge in [-0.25, -0.2) is 0 Å². The van der Waals surface area contributed by atoms with E-state index in [0.717, 1.165) is 11.1 Å². The molecule has 0 bridgehead atoms. The maximum absolute atomic E-state index is 13.6. The summed E-state index contributed by atoms with van der Waals surface area (Å²) in [6.07, 6.45) is 3.28. The Labute approximate surface area is 174 Å². The van der Waals surface area contributed by atoms with E-state index in [-0.39, 0.29) is 11.9 Å². The molecule has 1 amide bonds. The third-order valence-corrected chi connectivity index (χ3v) is 5.01. The maximum atomic E-state index is 13.6. The number of amides is 1. The van der Waals surface area contributed by atoms with Crippen molar-refractivity contribution in [3.05, 3.63) is 87.7 Å². The van der Waals surface area contributed by atoms with Gasteiger partial charge in [0.05, 0.1) is 13.2 Å². The van der Waals surface area contributed by atoms with E-state index in [1.165, 1.54) is 0 Å². The van der Waals surface area contributed by atoms with Gasteiger partial charge in [0.2, 0.25) is 0 Å². The molecule has 0 aliphatic carbocycles. The molecule has 0 saturated heterocycles. The van der Waals surface area contributed by atoms with Gasteiger partial charge in [0, 0.05) is 39.3 Å². The molecule has 1 atom stereocenters. The lowest BCUT2D eigenvalue weighted by molar-refractivity contribution is 0.0977. The van der Waals surface area contributed by atoms with Crippen molar-refractivity contribution in [2.45, 2.75) is 19.9 Å². The molecular formula is C22H20Cl2N2O2. The molecular weight excluding hydrogens is 395 g/mol. The molecule has 4 nitrogen and oxygen atoms in total. The van der Waals surface area contributed by atoms with E-state index >= 15 is 0 Å². The molecule has 0 radical (unpaired) electrons. The molecule has 144 valence electrons. The second-order valence-electron chi connectivity index (χ2n) is 6.41. The van der Waals surface area contributed by atoms with Crippen LogP contribution in [0, 0.1) is 6.92 Å².